The molecule has 2 atom stereocenters. The van der Waals surface area contributed by atoms with Gasteiger partial charge in [0.25, 0.3) is 0 Å². The highest BCUT2D eigenvalue weighted by atomic mass is 28.4. The van der Waals surface area contributed by atoms with E-state index in [1.54, 1.807) is 0 Å². The molecule has 0 aromatic carbocycles. The van der Waals surface area contributed by atoms with Gasteiger partial charge in [-0.1, -0.05) is 69.2 Å². The van der Waals surface area contributed by atoms with Crippen LogP contribution >= 0.6 is 0 Å². The molecule has 0 N–H and O–H groups in total. The molecule has 0 aromatic rings. The van der Waals surface area contributed by atoms with Crippen LogP contribution in [0.4, 0.5) is 0 Å². The van der Waals surface area contributed by atoms with Gasteiger partial charge in [0, 0.05) is 0 Å². The summed E-state index contributed by atoms with van der Waals surface area (Å²) in [5, 5.41) is 0. The van der Waals surface area contributed by atoms with Crippen molar-refractivity contribution in [1.82, 2.24) is 0 Å². The molecule has 0 aliphatic heterocycles. The molecule has 0 bridgehead atoms. The van der Waals surface area contributed by atoms with Gasteiger partial charge in [-0.3, -0.25) is 4.58 Å². The Kier molecular flexibility index (Phi) is 7.81. The highest BCUT2D eigenvalue weighted by Gasteiger charge is 2.48. The van der Waals surface area contributed by atoms with Crippen LogP contribution in [0.25, 0.3) is 0 Å². The summed E-state index contributed by atoms with van der Waals surface area (Å²) >= 11 is 0. The van der Waals surface area contributed by atoms with Crippen molar-refractivity contribution < 1.29 is 14.3 Å². The van der Waals surface area contributed by atoms with Crippen LogP contribution in [0.2, 0.25) is 16.6 Å². The average Bonchev–Trinajstić information content (AvgIpc) is 2.31. The zero-order valence-electron chi connectivity index (χ0n) is 15.7. The van der Waals surface area contributed by atoms with Crippen LogP contribution in [0.1, 0.15) is 69.2 Å². The van der Waals surface area contributed by atoms with Gasteiger partial charge in [-0.15, -0.1) is 0 Å². The van der Waals surface area contributed by atoms with Gasteiger partial charge in [0.05, 0.1) is 0 Å². The van der Waals surface area contributed by atoms with Crippen LogP contribution < -0.4 is 0 Å². The van der Waals surface area contributed by atoms with Gasteiger partial charge in [0.15, 0.2) is 6.29 Å². The molecular weight excluding hydrogens is 280 g/mol. The first kappa shape index (κ1) is 20.8. The summed E-state index contributed by atoms with van der Waals surface area (Å²) in [5.41, 5.74) is 1.33. The highest BCUT2D eigenvalue weighted by Crippen LogP contribution is 2.43. The molecule has 0 aliphatic rings. The number of hydrogen-bond acceptors (Lipinski definition) is 3. The molecule has 0 heterocycles. The van der Waals surface area contributed by atoms with Crippen molar-refractivity contribution in [1.29, 1.82) is 0 Å². The van der Waals surface area contributed by atoms with E-state index in [9.17, 15) is 4.79 Å². The van der Waals surface area contributed by atoms with E-state index in [0.29, 0.717) is 16.6 Å². The largest absolute Gasteiger partial charge is 0.300 e. The molecule has 0 aliphatic carbocycles. The van der Waals surface area contributed by atoms with Crippen LogP contribution in [-0.2, 0) is 14.3 Å². The van der Waals surface area contributed by atoms with E-state index in [-0.39, 0.29) is 11.3 Å². The predicted molar refractivity (Wildman–Crippen MR) is 91.7 cm³/mol. The summed E-state index contributed by atoms with van der Waals surface area (Å²) in [4.78, 5) is 17.2. The van der Waals surface area contributed by atoms with Crippen LogP contribution in [0, 0.1) is 11.3 Å². The lowest BCUT2D eigenvalue weighted by atomic mass is 9.79. The van der Waals surface area contributed by atoms with Crippen LogP contribution in [0.15, 0.2) is 0 Å². The first-order chi connectivity index (χ1) is 9.41. The molecule has 0 fully saturated rings. The third-order valence-electron chi connectivity index (χ3n) is 5.00. The van der Waals surface area contributed by atoms with Crippen molar-refractivity contribution >= 4 is 14.6 Å². The second-order valence-corrected chi connectivity index (χ2v) is 13.6. The first-order valence-corrected chi connectivity index (χ1v) is 10.3. The fourth-order valence-corrected chi connectivity index (χ4v) is 8.00. The molecule has 126 valence electrons. The van der Waals surface area contributed by atoms with Gasteiger partial charge >= 0.3 is 0 Å². The highest BCUT2D eigenvalue weighted by molar-refractivity contribution is 6.77. The maximum Gasteiger partial charge on any atom is 0.246 e. The molecule has 0 amide bonds. The number of rotatable bonds is 8. The van der Waals surface area contributed by atoms with Crippen LogP contribution in [-0.4, -0.2) is 20.7 Å². The summed E-state index contributed by atoms with van der Waals surface area (Å²) in [6, 6.07) is 0. The van der Waals surface area contributed by atoms with E-state index in [0.717, 1.165) is 6.29 Å². The number of carbonyl (C=O) groups excluding carboxylic acids is 1. The molecule has 0 spiro atoms. The normalized spacial score (nSPS) is 16.6. The Balaban J connectivity index is 5.17. The number of carbonyl (C=O) groups is 1. The molecule has 3 nitrogen and oxygen atoms in total. The SMILES string of the molecule is CC(C)[Si](OO[C@H](C=O)[C@@H](C)C(C)(C)C)(C(C)C)C(C)C. The molecule has 21 heavy (non-hydrogen) atoms. The van der Waals surface area contributed by atoms with Crippen molar-refractivity contribution in [2.24, 2.45) is 11.3 Å². The Bertz CT molecular complexity index is 297. The third kappa shape index (κ3) is 4.90. The van der Waals surface area contributed by atoms with E-state index in [2.05, 4.69) is 62.3 Å². The van der Waals surface area contributed by atoms with Gasteiger partial charge < -0.3 is 4.79 Å². The molecule has 0 saturated heterocycles. The minimum absolute atomic E-state index is 0.00659. The van der Waals surface area contributed by atoms with Crippen molar-refractivity contribution in [3.8, 4) is 0 Å². The second kappa shape index (κ2) is 7.89. The van der Waals surface area contributed by atoms with Crippen molar-refractivity contribution in [2.75, 3.05) is 0 Å². The zero-order chi connectivity index (χ0) is 17.0. The van der Waals surface area contributed by atoms with Crippen molar-refractivity contribution in [3.63, 3.8) is 0 Å². The summed E-state index contributed by atoms with van der Waals surface area (Å²) in [6.45, 7) is 21.7. The topological polar surface area (TPSA) is 35.5 Å². The maximum absolute atomic E-state index is 11.4. The first-order valence-electron chi connectivity index (χ1n) is 8.21. The van der Waals surface area contributed by atoms with Gasteiger partial charge in [0.1, 0.15) is 6.10 Å². The average molecular weight is 317 g/mol. The van der Waals surface area contributed by atoms with Gasteiger partial charge in [-0.2, -0.15) is 0 Å². The Hall–Kier alpha value is -0.193. The van der Waals surface area contributed by atoms with E-state index in [4.69, 9.17) is 9.46 Å². The fourth-order valence-electron chi connectivity index (χ4n) is 3.14. The second-order valence-electron chi connectivity index (χ2n) is 8.25. The molecule has 0 aromatic heterocycles. The van der Waals surface area contributed by atoms with E-state index in [1.807, 2.05) is 6.92 Å². The minimum Gasteiger partial charge on any atom is -0.300 e. The van der Waals surface area contributed by atoms with Gasteiger partial charge in [-0.05, 0) is 28.0 Å². The maximum atomic E-state index is 11.4. The summed E-state index contributed by atoms with van der Waals surface area (Å²) < 4.78 is 6.09. The lowest BCUT2D eigenvalue weighted by Gasteiger charge is -2.41. The standard InChI is InChI=1S/C17H36O3Si/c1-12(2)21(13(3)4,14(5)6)20-19-16(11-18)15(7)17(8,9)10/h11-16H,1-10H3/t15-,16-/m1/s1. The van der Waals surface area contributed by atoms with Crippen molar-refractivity contribution in [2.45, 2.75) is 92.0 Å². The molecule has 4 heteroatoms. The molecule has 0 saturated carbocycles. The minimum atomic E-state index is -2.09. The van der Waals surface area contributed by atoms with E-state index < -0.39 is 14.4 Å². The number of hydrogen-bond donors (Lipinski definition) is 0. The molecule has 0 rings (SSSR count). The van der Waals surface area contributed by atoms with Crippen LogP contribution in [0.3, 0.4) is 0 Å². The zero-order valence-corrected chi connectivity index (χ0v) is 16.7. The summed E-state index contributed by atoms with van der Waals surface area (Å²) in [6.07, 6.45) is 0.379. The third-order valence-corrected chi connectivity index (χ3v) is 10.8. The van der Waals surface area contributed by atoms with Crippen molar-refractivity contribution in [3.05, 3.63) is 0 Å². The lowest BCUT2D eigenvalue weighted by molar-refractivity contribution is -0.265. The Labute approximate surface area is 132 Å². The summed E-state index contributed by atoms with van der Waals surface area (Å²) in [5.74, 6) is 0.105. The van der Waals surface area contributed by atoms with Gasteiger partial charge in [-0.25, -0.2) is 4.89 Å². The fraction of sp³-hybridized carbons (Fsp3) is 0.941. The molecule has 0 radical (unpaired) electrons. The monoisotopic (exact) mass is 316 g/mol. The summed E-state index contributed by atoms with van der Waals surface area (Å²) in [7, 11) is -2.09. The van der Waals surface area contributed by atoms with Crippen LogP contribution in [0.5, 0.6) is 0 Å². The number of aldehydes is 1. The Morgan fingerprint density at radius 2 is 1.24 bits per heavy atom. The quantitative estimate of drug-likeness (QED) is 0.262. The predicted octanol–water partition coefficient (Wildman–Crippen LogP) is 5.36. The Morgan fingerprint density at radius 3 is 1.48 bits per heavy atom. The van der Waals surface area contributed by atoms with E-state index >= 15 is 0 Å². The Morgan fingerprint density at radius 1 is 0.857 bits per heavy atom. The molecular formula is C17H36O3Si. The van der Waals surface area contributed by atoms with E-state index in [1.165, 1.54) is 0 Å². The van der Waals surface area contributed by atoms with Gasteiger partial charge in [0.2, 0.25) is 8.32 Å². The smallest absolute Gasteiger partial charge is 0.246 e. The molecule has 0 unspecified atom stereocenters. The lowest BCUT2D eigenvalue weighted by Crippen LogP contribution is -2.49.